The smallest absolute Gasteiger partial charge is 0.231 e. The number of halogens is 1. The second kappa shape index (κ2) is 10.9. The molecule has 0 aromatic carbocycles. The number of nitrogens with zero attached hydrogens (tertiary/aromatic N) is 6. The van der Waals surface area contributed by atoms with Crippen LogP contribution in [0.25, 0.3) is 11.0 Å². The maximum atomic E-state index is 6.06. The summed E-state index contributed by atoms with van der Waals surface area (Å²) < 4.78 is 18.7. The van der Waals surface area contributed by atoms with Gasteiger partial charge in [0.05, 0.1) is 24.3 Å². The standard InChI is InChI=1S/C24H33BrN8O2S/c1-15-14-18(36-31-15)27-24-28-22(26-16-5-7-17(8-6-16)32-9-12-34-13-10-32)20-21(25)30-33(23(20)29-24)19-4-2-3-11-35-19/h14,16-17,19H,2-13H2,1H3,(H2,26,27,28,29)/t16-,17-,19?. The predicted molar refractivity (Wildman–Crippen MR) is 144 cm³/mol. The number of anilines is 3. The number of hydrogen-bond acceptors (Lipinski definition) is 10. The van der Waals surface area contributed by atoms with Crippen LogP contribution in [0, 0.1) is 6.92 Å². The minimum absolute atomic E-state index is 0.113. The van der Waals surface area contributed by atoms with Gasteiger partial charge >= 0.3 is 0 Å². The fourth-order valence-electron chi connectivity index (χ4n) is 5.53. The average Bonchev–Trinajstić information content (AvgIpc) is 3.47. The molecule has 0 bridgehead atoms. The van der Waals surface area contributed by atoms with E-state index < -0.39 is 0 Å². The van der Waals surface area contributed by atoms with Crippen molar-refractivity contribution in [3.63, 3.8) is 0 Å². The monoisotopic (exact) mass is 576 g/mol. The van der Waals surface area contributed by atoms with Crippen LogP contribution in [-0.4, -0.2) is 74.0 Å². The molecular weight excluding hydrogens is 544 g/mol. The lowest BCUT2D eigenvalue weighted by molar-refractivity contribution is -0.0371. The van der Waals surface area contributed by atoms with Crippen molar-refractivity contribution in [2.24, 2.45) is 0 Å². The van der Waals surface area contributed by atoms with Crippen LogP contribution in [0.15, 0.2) is 10.7 Å². The van der Waals surface area contributed by atoms with Crippen molar-refractivity contribution in [3.05, 3.63) is 16.4 Å². The van der Waals surface area contributed by atoms with Crippen LogP contribution in [0.4, 0.5) is 16.8 Å². The number of rotatable bonds is 6. The molecule has 0 amide bonds. The van der Waals surface area contributed by atoms with Gasteiger partial charge in [-0.3, -0.25) is 4.90 Å². The Morgan fingerprint density at radius 1 is 1.06 bits per heavy atom. The summed E-state index contributed by atoms with van der Waals surface area (Å²) in [5.41, 5.74) is 1.75. The fraction of sp³-hybridized carbons (Fsp3) is 0.667. The maximum absolute atomic E-state index is 6.06. The molecule has 1 unspecified atom stereocenters. The van der Waals surface area contributed by atoms with E-state index in [9.17, 15) is 0 Å². The van der Waals surface area contributed by atoms with Crippen LogP contribution in [0.2, 0.25) is 0 Å². The number of aromatic nitrogens is 5. The molecule has 194 valence electrons. The molecule has 3 fully saturated rings. The van der Waals surface area contributed by atoms with Crippen molar-refractivity contribution in [2.75, 3.05) is 43.5 Å². The third-order valence-electron chi connectivity index (χ3n) is 7.40. The Morgan fingerprint density at radius 3 is 2.61 bits per heavy atom. The fourth-order valence-corrected chi connectivity index (χ4v) is 6.72. The first kappa shape index (κ1) is 24.5. The third kappa shape index (κ3) is 5.24. The number of hydrogen-bond donors (Lipinski definition) is 2. The van der Waals surface area contributed by atoms with E-state index in [1.807, 2.05) is 17.7 Å². The maximum Gasteiger partial charge on any atom is 0.231 e. The number of fused-ring (bicyclic) bond motifs is 1. The van der Waals surface area contributed by atoms with Crippen molar-refractivity contribution < 1.29 is 9.47 Å². The largest absolute Gasteiger partial charge is 0.379 e. The van der Waals surface area contributed by atoms with Gasteiger partial charge in [0.1, 0.15) is 15.4 Å². The summed E-state index contributed by atoms with van der Waals surface area (Å²) in [7, 11) is 0. The topological polar surface area (TPSA) is 102 Å². The normalized spacial score (nSPS) is 25.8. The quantitative estimate of drug-likeness (QED) is 0.426. The van der Waals surface area contributed by atoms with Gasteiger partial charge in [0.15, 0.2) is 11.9 Å². The van der Waals surface area contributed by atoms with Crippen molar-refractivity contribution >= 4 is 55.3 Å². The van der Waals surface area contributed by atoms with Crippen molar-refractivity contribution in [1.82, 2.24) is 29.0 Å². The van der Waals surface area contributed by atoms with Crippen LogP contribution in [0.1, 0.15) is 56.9 Å². The van der Waals surface area contributed by atoms with Gasteiger partial charge in [-0.2, -0.15) is 19.4 Å². The zero-order valence-corrected chi connectivity index (χ0v) is 23.0. The van der Waals surface area contributed by atoms with Crippen LogP contribution in [-0.2, 0) is 9.47 Å². The molecule has 12 heteroatoms. The lowest BCUT2D eigenvalue weighted by Crippen LogP contribution is -2.46. The molecule has 2 aliphatic heterocycles. The first-order valence-corrected chi connectivity index (χ1v) is 14.6. The zero-order chi connectivity index (χ0) is 24.5. The molecule has 3 aromatic rings. The molecule has 36 heavy (non-hydrogen) atoms. The number of nitrogens with one attached hydrogen (secondary N) is 2. The molecule has 3 aromatic heterocycles. The van der Waals surface area contributed by atoms with Gasteiger partial charge in [-0.1, -0.05) is 0 Å². The van der Waals surface area contributed by atoms with E-state index in [1.54, 1.807) is 0 Å². The number of ether oxygens (including phenoxy) is 2. The van der Waals surface area contributed by atoms with E-state index in [1.165, 1.54) is 24.4 Å². The highest BCUT2D eigenvalue weighted by Crippen LogP contribution is 2.36. The van der Waals surface area contributed by atoms with Crippen LogP contribution >= 0.6 is 27.5 Å². The molecule has 5 heterocycles. The average molecular weight is 578 g/mol. The highest BCUT2D eigenvalue weighted by atomic mass is 79.9. The van der Waals surface area contributed by atoms with Crippen molar-refractivity contribution in [3.8, 4) is 0 Å². The van der Waals surface area contributed by atoms with Crippen LogP contribution in [0.5, 0.6) is 0 Å². The van der Waals surface area contributed by atoms with Gasteiger partial charge in [-0.05, 0) is 85.4 Å². The third-order valence-corrected chi connectivity index (χ3v) is 8.75. The minimum Gasteiger partial charge on any atom is -0.379 e. The molecular formula is C24H33BrN8O2S. The van der Waals surface area contributed by atoms with Gasteiger partial charge in [-0.25, -0.2) is 4.68 Å². The van der Waals surface area contributed by atoms with Gasteiger partial charge in [0, 0.05) is 31.8 Å². The van der Waals surface area contributed by atoms with Gasteiger partial charge in [-0.15, -0.1) is 0 Å². The minimum atomic E-state index is -0.113. The summed E-state index contributed by atoms with van der Waals surface area (Å²) in [6.07, 6.45) is 7.63. The summed E-state index contributed by atoms with van der Waals surface area (Å²) in [5, 5.41) is 13.8. The van der Waals surface area contributed by atoms with E-state index >= 15 is 0 Å². The van der Waals surface area contributed by atoms with E-state index in [2.05, 4.69) is 35.8 Å². The van der Waals surface area contributed by atoms with Gasteiger partial charge in [0.25, 0.3) is 0 Å². The molecule has 3 aliphatic rings. The second-order valence-electron chi connectivity index (χ2n) is 9.91. The Bertz CT molecular complexity index is 1180. The predicted octanol–water partition coefficient (Wildman–Crippen LogP) is 4.85. The molecule has 10 nitrogen and oxygen atoms in total. The van der Waals surface area contributed by atoms with E-state index in [-0.39, 0.29) is 6.23 Å². The van der Waals surface area contributed by atoms with Crippen molar-refractivity contribution in [2.45, 2.75) is 70.2 Å². The summed E-state index contributed by atoms with van der Waals surface area (Å²) >= 11 is 5.11. The molecule has 1 aliphatic carbocycles. The van der Waals surface area contributed by atoms with E-state index in [0.29, 0.717) is 18.0 Å². The zero-order valence-electron chi connectivity index (χ0n) is 20.6. The molecule has 0 spiro atoms. The highest BCUT2D eigenvalue weighted by molar-refractivity contribution is 9.10. The van der Waals surface area contributed by atoms with E-state index in [4.69, 9.17) is 24.5 Å². The Labute approximate surface area is 223 Å². The molecule has 2 N–H and O–H groups in total. The molecule has 1 saturated carbocycles. The van der Waals surface area contributed by atoms with Gasteiger partial charge in [0.2, 0.25) is 5.95 Å². The Hall–Kier alpha value is -1.86. The lowest BCUT2D eigenvalue weighted by Gasteiger charge is -2.39. The lowest BCUT2D eigenvalue weighted by atomic mass is 9.90. The van der Waals surface area contributed by atoms with Crippen molar-refractivity contribution in [1.29, 1.82) is 0 Å². The molecule has 6 rings (SSSR count). The molecule has 0 radical (unpaired) electrons. The molecule has 2 saturated heterocycles. The summed E-state index contributed by atoms with van der Waals surface area (Å²) in [5.74, 6) is 1.35. The van der Waals surface area contributed by atoms with Crippen LogP contribution in [0.3, 0.4) is 0 Å². The first-order chi connectivity index (χ1) is 17.6. The number of aryl methyl sites for hydroxylation is 1. The Kier molecular flexibility index (Phi) is 7.38. The highest BCUT2D eigenvalue weighted by Gasteiger charge is 2.29. The van der Waals surface area contributed by atoms with Crippen LogP contribution < -0.4 is 10.6 Å². The first-order valence-electron chi connectivity index (χ1n) is 13.0. The Balaban J connectivity index is 1.27. The van der Waals surface area contributed by atoms with E-state index in [0.717, 1.165) is 97.2 Å². The summed E-state index contributed by atoms with van der Waals surface area (Å²) in [6, 6.07) is 3.03. The molecule has 1 atom stereocenters. The number of morpholine rings is 1. The second-order valence-corrected chi connectivity index (χ2v) is 11.5. The summed E-state index contributed by atoms with van der Waals surface area (Å²) in [4.78, 5) is 12.4. The summed E-state index contributed by atoms with van der Waals surface area (Å²) in [6.45, 7) is 6.55. The Morgan fingerprint density at radius 2 is 1.89 bits per heavy atom. The SMILES string of the molecule is Cc1cc(Nc2nc(N[C@H]3CC[C@H](N4CCOCC4)CC3)c3c(Br)nn(C4CCCCO4)c3n2)sn1. The van der Waals surface area contributed by atoms with Gasteiger partial charge < -0.3 is 20.1 Å².